The summed E-state index contributed by atoms with van der Waals surface area (Å²) in [6.45, 7) is 5.82. The third-order valence-electron chi connectivity index (χ3n) is 4.47. The number of ether oxygens (including phenoxy) is 1. The van der Waals surface area contributed by atoms with Gasteiger partial charge in [-0.3, -0.25) is 9.98 Å². The average Bonchev–Trinajstić information content (AvgIpc) is 3.13. The molecule has 1 aromatic heterocycles. The van der Waals surface area contributed by atoms with Crippen molar-refractivity contribution in [1.82, 2.24) is 9.88 Å². The molecule has 4 rings (SSSR count). The Morgan fingerprint density at radius 1 is 1.32 bits per heavy atom. The Hall–Kier alpha value is -1.72. The molecule has 0 radical (unpaired) electrons. The third-order valence-corrected chi connectivity index (χ3v) is 5.81. The number of hydrogen-bond acceptors (Lipinski definition) is 5. The molecular weight excluding hydrogens is 354 g/mol. The summed E-state index contributed by atoms with van der Waals surface area (Å²) in [5.41, 5.74) is 2.06. The first-order valence-electron chi connectivity index (χ1n) is 8.51. The average molecular weight is 374 g/mol. The first-order chi connectivity index (χ1) is 12.2. The standard InChI is InChI=1S/C19H20ClN3OS/c1-3-24-16-8-7-13(20)10-14(16)18-17(15-6-4-5-9-21-15)22-19-23(18)11-12(2)25-19/h4-10,12,17-18H,3,11H2,1-2H3/t12-,17-,18-/m1/s1. The van der Waals surface area contributed by atoms with Crippen molar-refractivity contribution in [2.75, 3.05) is 13.2 Å². The van der Waals surface area contributed by atoms with Crippen molar-refractivity contribution in [2.45, 2.75) is 31.2 Å². The quantitative estimate of drug-likeness (QED) is 0.776. The zero-order valence-electron chi connectivity index (χ0n) is 14.2. The van der Waals surface area contributed by atoms with Gasteiger partial charge in [0.15, 0.2) is 5.17 Å². The van der Waals surface area contributed by atoms with Crippen molar-refractivity contribution >= 4 is 28.5 Å². The van der Waals surface area contributed by atoms with Gasteiger partial charge in [-0.2, -0.15) is 0 Å². The number of hydrogen-bond donors (Lipinski definition) is 0. The minimum absolute atomic E-state index is 0.0473. The summed E-state index contributed by atoms with van der Waals surface area (Å²) in [6, 6.07) is 11.9. The molecule has 0 bridgehead atoms. The summed E-state index contributed by atoms with van der Waals surface area (Å²) >= 11 is 8.16. The monoisotopic (exact) mass is 373 g/mol. The number of aliphatic imine (C=N–C) groups is 1. The molecule has 0 amide bonds. The van der Waals surface area contributed by atoms with E-state index in [1.165, 1.54) is 0 Å². The van der Waals surface area contributed by atoms with E-state index in [0.717, 1.165) is 28.7 Å². The number of aromatic nitrogens is 1. The second-order valence-corrected chi connectivity index (χ2v) is 8.09. The van der Waals surface area contributed by atoms with E-state index in [-0.39, 0.29) is 12.1 Å². The highest BCUT2D eigenvalue weighted by Gasteiger charge is 2.44. The molecule has 2 aliphatic heterocycles. The fourth-order valence-corrected chi connectivity index (χ4v) is 4.76. The van der Waals surface area contributed by atoms with Gasteiger partial charge in [-0.1, -0.05) is 36.4 Å². The molecule has 2 aromatic rings. The normalized spacial score (nSPS) is 25.0. The van der Waals surface area contributed by atoms with E-state index >= 15 is 0 Å². The van der Waals surface area contributed by atoms with E-state index in [0.29, 0.717) is 16.9 Å². The number of thioether (sulfide) groups is 1. The Kier molecular flexibility index (Phi) is 4.61. The zero-order valence-corrected chi connectivity index (χ0v) is 15.8. The highest BCUT2D eigenvalue weighted by molar-refractivity contribution is 8.14. The van der Waals surface area contributed by atoms with Crippen molar-refractivity contribution in [3.8, 4) is 5.75 Å². The lowest BCUT2D eigenvalue weighted by atomic mass is 9.95. The minimum atomic E-state index is -0.0473. The van der Waals surface area contributed by atoms with Crippen LogP contribution in [0.25, 0.3) is 0 Å². The van der Waals surface area contributed by atoms with E-state index in [1.807, 2.05) is 61.3 Å². The van der Waals surface area contributed by atoms with E-state index in [1.54, 1.807) is 0 Å². The van der Waals surface area contributed by atoms with Crippen LogP contribution < -0.4 is 4.74 Å². The van der Waals surface area contributed by atoms with E-state index in [9.17, 15) is 0 Å². The molecule has 0 spiro atoms. The Balaban J connectivity index is 1.81. The van der Waals surface area contributed by atoms with Crippen LogP contribution in [0.15, 0.2) is 47.6 Å². The van der Waals surface area contributed by atoms with Crippen LogP contribution in [0.4, 0.5) is 0 Å². The maximum Gasteiger partial charge on any atom is 0.160 e. The molecule has 1 saturated heterocycles. The molecule has 6 heteroatoms. The molecule has 2 aliphatic rings. The van der Waals surface area contributed by atoms with E-state index in [2.05, 4.69) is 16.8 Å². The second kappa shape index (κ2) is 6.89. The molecule has 0 aliphatic carbocycles. The van der Waals surface area contributed by atoms with Crippen LogP contribution in [-0.2, 0) is 0 Å². The lowest BCUT2D eigenvalue weighted by molar-refractivity contribution is 0.292. The van der Waals surface area contributed by atoms with Crippen LogP contribution in [0.3, 0.4) is 0 Å². The fourth-order valence-electron chi connectivity index (χ4n) is 3.49. The van der Waals surface area contributed by atoms with Crippen LogP contribution in [0.1, 0.15) is 37.2 Å². The lowest BCUT2D eigenvalue weighted by Gasteiger charge is -2.29. The summed E-state index contributed by atoms with van der Waals surface area (Å²) in [4.78, 5) is 11.9. The topological polar surface area (TPSA) is 37.7 Å². The number of amidine groups is 1. The van der Waals surface area contributed by atoms with Gasteiger partial charge in [0.25, 0.3) is 0 Å². The number of rotatable bonds is 4. The van der Waals surface area contributed by atoms with E-state index in [4.69, 9.17) is 21.3 Å². The van der Waals surface area contributed by atoms with E-state index < -0.39 is 0 Å². The van der Waals surface area contributed by atoms with Crippen LogP contribution in [-0.4, -0.2) is 33.5 Å². The third kappa shape index (κ3) is 3.11. The number of fused-ring (bicyclic) bond motifs is 1. The largest absolute Gasteiger partial charge is 0.494 e. The molecule has 4 nitrogen and oxygen atoms in total. The molecule has 1 fully saturated rings. The van der Waals surface area contributed by atoms with Crippen molar-refractivity contribution in [1.29, 1.82) is 0 Å². The molecule has 0 N–H and O–H groups in total. The Labute approximate surface area is 157 Å². The Bertz CT molecular complexity index is 799. The Morgan fingerprint density at radius 3 is 2.96 bits per heavy atom. The van der Waals surface area contributed by atoms with Gasteiger partial charge in [-0.25, -0.2) is 0 Å². The van der Waals surface area contributed by atoms with Gasteiger partial charge in [0.2, 0.25) is 0 Å². The number of nitrogens with zero attached hydrogens (tertiary/aromatic N) is 3. The molecule has 130 valence electrons. The van der Waals surface area contributed by atoms with Gasteiger partial charge in [-0.05, 0) is 37.3 Å². The lowest BCUT2D eigenvalue weighted by Crippen LogP contribution is -2.29. The predicted molar refractivity (Wildman–Crippen MR) is 104 cm³/mol. The Morgan fingerprint density at radius 2 is 2.20 bits per heavy atom. The second-order valence-electron chi connectivity index (χ2n) is 6.25. The molecule has 1 aromatic carbocycles. The highest BCUT2D eigenvalue weighted by Crippen LogP contribution is 2.49. The van der Waals surface area contributed by atoms with Crippen molar-refractivity contribution in [3.63, 3.8) is 0 Å². The minimum Gasteiger partial charge on any atom is -0.494 e. The molecule has 0 unspecified atom stereocenters. The van der Waals surface area contributed by atoms with Crippen LogP contribution in [0.2, 0.25) is 5.02 Å². The summed E-state index contributed by atoms with van der Waals surface area (Å²) in [7, 11) is 0. The van der Waals surface area contributed by atoms with Gasteiger partial charge in [0.1, 0.15) is 11.8 Å². The molecule has 25 heavy (non-hydrogen) atoms. The van der Waals surface area contributed by atoms with Gasteiger partial charge in [0.05, 0.1) is 18.3 Å². The predicted octanol–water partition coefficient (Wildman–Crippen LogP) is 4.72. The van der Waals surface area contributed by atoms with Gasteiger partial charge in [-0.15, -0.1) is 0 Å². The SMILES string of the molecule is CCOc1ccc(Cl)cc1[C@@H]1[C@@H](c2ccccn2)N=C2S[C@H](C)CN21. The maximum absolute atomic E-state index is 6.33. The number of benzene rings is 1. The summed E-state index contributed by atoms with van der Waals surface area (Å²) in [5.74, 6) is 0.874. The number of halogens is 1. The molecule has 3 heterocycles. The van der Waals surface area contributed by atoms with Crippen molar-refractivity contribution in [3.05, 3.63) is 58.9 Å². The highest BCUT2D eigenvalue weighted by atomic mass is 35.5. The summed E-state index contributed by atoms with van der Waals surface area (Å²) in [6.07, 6.45) is 1.83. The number of pyridine rings is 1. The van der Waals surface area contributed by atoms with Crippen LogP contribution in [0.5, 0.6) is 5.75 Å². The first kappa shape index (κ1) is 16.7. The molecular formula is C19H20ClN3OS. The fraction of sp³-hybridized carbons (Fsp3) is 0.368. The zero-order chi connectivity index (χ0) is 17.4. The van der Waals surface area contributed by atoms with Crippen LogP contribution in [0, 0.1) is 0 Å². The van der Waals surface area contributed by atoms with Crippen LogP contribution >= 0.6 is 23.4 Å². The molecule has 3 atom stereocenters. The maximum atomic E-state index is 6.33. The van der Waals surface area contributed by atoms with Gasteiger partial charge in [0, 0.05) is 28.6 Å². The summed E-state index contributed by atoms with van der Waals surface area (Å²) < 4.78 is 5.90. The van der Waals surface area contributed by atoms with Gasteiger partial charge < -0.3 is 9.64 Å². The molecule has 0 saturated carbocycles. The van der Waals surface area contributed by atoms with Gasteiger partial charge >= 0.3 is 0 Å². The smallest absolute Gasteiger partial charge is 0.160 e. The summed E-state index contributed by atoms with van der Waals surface area (Å²) in [5, 5.41) is 2.34. The van der Waals surface area contributed by atoms with Crippen molar-refractivity contribution in [2.24, 2.45) is 4.99 Å². The first-order valence-corrected chi connectivity index (χ1v) is 9.77. The van der Waals surface area contributed by atoms with Crippen molar-refractivity contribution < 1.29 is 4.74 Å².